The number of nitrogen functional groups attached to an aromatic ring is 1. The summed E-state index contributed by atoms with van der Waals surface area (Å²) in [5, 5.41) is 17.0. The van der Waals surface area contributed by atoms with Crippen molar-refractivity contribution in [2.45, 2.75) is 17.8 Å². The van der Waals surface area contributed by atoms with Gasteiger partial charge in [-0.15, -0.1) is 20.4 Å². The molecule has 0 unspecified atom stereocenters. The van der Waals surface area contributed by atoms with Crippen LogP contribution in [0.1, 0.15) is 11.7 Å². The van der Waals surface area contributed by atoms with Gasteiger partial charge in [-0.3, -0.25) is 0 Å². The molecule has 0 aliphatic heterocycles. The first kappa shape index (κ1) is 13.9. The number of halogens is 1. The molecule has 7 nitrogen and oxygen atoms in total. The van der Waals surface area contributed by atoms with Gasteiger partial charge in [-0.05, 0) is 19.1 Å². The molecule has 0 saturated carbocycles. The van der Waals surface area contributed by atoms with E-state index < -0.39 is 0 Å². The molecule has 9 heteroatoms. The highest BCUT2D eigenvalue weighted by Crippen LogP contribution is 2.27. The predicted octanol–water partition coefficient (Wildman–Crippen LogP) is 2.30. The fourth-order valence-corrected chi connectivity index (χ4v) is 2.59. The molecular formula is C12H11ClN6OS. The normalized spacial score (nSPS) is 11.0. The van der Waals surface area contributed by atoms with Crippen LogP contribution in [0.3, 0.4) is 0 Å². The highest BCUT2D eigenvalue weighted by molar-refractivity contribution is 7.98. The largest absolute Gasteiger partial charge is 0.420 e. The van der Waals surface area contributed by atoms with E-state index in [2.05, 4.69) is 20.4 Å². The van der Waals surface area contributed by atoms with Gasteiger partial charge in [0, 0.05) is 0 Å². The molecule has 0 amide bonds. The van der Waals surface area contributed by atoms with Gasteiger partial charge in [0.2, 0.25) is 16.9 Å². The maximum Gasteiger partial charge on any atom is 0.249 e. The number of rotatable bonds is 4. The van der Waals surface area contributed by atoms with Crippen LogP contribution in [0.4, 0.5) is 0 Å². The number of thioether (sulfide) groups is 1. The Balaban J connectivity index is 1.74. The van der Waals surface area contributed by atoms with Crippen LogP contribution in [0.2, 0.25) is 5.02 Å². The number of aromatic nitrogens is 5. The van der Waals surface area contributed by atoms with E-state index in [-0.39, 0.29) is 0 Å². The average Bonchev–Trinajstić information content (AvgIpc) is 3.06. The van der Waals surface area contributed by atoms with E-state index in [9.17, 15) is 0 Å². The van der Waals surface area contributed by atoms with Crippen LogP contribution in [0, 0.1) is 6.92 Å². The summed E-state index contributed by atoms with van der Waals surface area (Å²) in [6.07, 6.45) is 0. The minimum Gasteiger partial charge on any atom is -0.420 e. The second-order valence-electron chi connectivity index (χ2n) is 4.17. The van der Waals surface area contributed by atoms with Crippen molar-refractivity contribution in [3.8, 4) is 11.5 Å². The van der Waals surface area contributed by atoms with E-state index in [1.165, 1.54) is 16.4 Å². The lowest BCUT2D eigenvalue weighted by Gasteiger charge is -1.98. The van der Waals surface area contributed by atoms with Crippen LogP contribution < -0.4 is 5.84 Å². The molecule has 0 atom stereocenters. The van der Waals surface area contributed by atoms with Crippen molar-refractivity contribution < 1.29 is 4.42 Å². The molecule has 21 heavy (non-hydrogen) atoms. The third-order valence-corrected chi connectivity index (χ3v) is 3.99. The van der Waals surface area contributed by atoms with Crippen molar-refractivity contribution in [1.29, 1.82) is 0 Å². The molecule has 3 aromatic rings. The van der Waals surface area contributed by atoms with Gasteiger partial charge in [0.1, 0.15) is 5.82 Å². The molecule has 0 bridgehead atoms. The number of aryl methyl sites for hydroxylation is 1. The summed E-state index contributed by atoms with van der Waals surface area (Å²) >= 11 is 7.46. The molecule has 2 heterocycles. The Kier molecular flexibility index (Phi) is 3.80. The van der Waals surface area contributed by atoms with Crippen molar-refractivity contribution in [3.05, 3.63) is 41.0 Å². The predicted molar refractivity (Wildman–Crippen MR) is 79.2 cm³/mol. The summed E-state index contributed by atoms with van der Waals surface area (Å²) in [7, 11) is 0. The van der Waals surface area contributed by atoms with Crippen LogP contribution in [0.15, 0.2) is 33.8 Å². The van der Waals surface area contributed by atoms with Gasteiger partial charge in [-0.2, -0.15) is 0 Å². The maximum atomic E-state index is 6.09. The van der Waals surface area contributed by atoms with Crippen LogP contribution >= 0.6 is 23.4 Å². The monoisotopic (exact) mass is 322 g/mol. The van der Waals surface area contributed by atoms with Crippen LogP contribution in [0.25, 0.3) is 11.5 Å². The first-order valence-electron chi connectivity index (χ1n) is 6.02. The molecule has 0 radical (unpaired) electrons. The van der Waals surface area contributed by atoms with Crippen molar-refractivity contribution in [2.75, 3.05) is 5.84 Å². The van der Waals surface area contributed by atoms with Gasteiger partial charge >= 0.3 is 0 Å². The quantitative estimate of drug-likeness (QED) is 0.581. The summed E-state index contributed by atoms with van der Waals surface area (Å²) in [4.78, 5) is 0. The number of nitrogens with two attached hydrogens (primary N) is 1. The lowest BCUT2D eigenvalue weighted by Crippen LogP contribution is -2.11. The Hall–Kier alpha value is -2.06. The molecule has 0 spiro atoms. The lowest BCUT2D eigenvalue weighted by atomic mass is 10.2. The zero-order chi connectivity index (χ0) is 14.8. The summed E-state index contributed by atoms with van der Waals surface area (Å²) in [6.45, 7) is 1.78. The molecular weight excluding hydrogens is 312 g/mol. The van der Waals surface area contributed by atoms with E-state index >= 15 is 0 Å². The highest BCUT2D eigenvalue weighted by Gasteiger charge is 2.13. The molecule has 2 aromatic heterocycles. The summed E-state index contributed by atoms with van der Waals surface area (Å²) < 4.78 is 7.01. The van der Waals surface area contributed by atoms with E-state index in [0.29, 0.717) is 39.1 Å². The van der Waals surface area contributed by atoms with Crippen molar-refractivity contribution >= 4 is 23.4 Å². The topological polar surface area (TPSA) is 95.6 Å². The standard InChI is InChI=1S/C12H11ClN6OS/c1-7-15-18-12(19(7)14)21-6-10-16-17-11(20-10)8-4-2-3-5-9(8)13/h2-5H,6,14H2,1H3. The zero-order valence-electron chi connectivity index (χ0n) is 11.0. The lowest BCUT2D eigenvalue weighted by molar-refractivity contribution is 0.528. The van der Waals surface area contributed by atoms with Crippen LogP contribution in [0.5, 0.6) is 0 Å². The van der Waals surface area contributed by atoms with Crippen molar-refractivity contribution in [2.24, 2.45) is 0 Å². The molecule has 0 saturated heterocycles. The fraction of sp³-hybridized carbons (Fsp3) is 0.167. The Labute approximate surface area is 129 Å². The third-order valence-electron chi connectivity index (χ3n) is 2.73. The molecule has 0 fully saturated rings. The number of hydrogen-bond acceptors (Lipinski definition) is 7. The Morgan fingerprint density at radius 3 is 2.76 bits per heavy atom. The van der Waals surface area contributed by atoms with E-state index in [4.69, 9.17) is 21.9 Å². The number of hydrogen-bond donors (Lipinski definition) is 1. The third kappa shape index (κ3) is 2.86. The van der Waals surface area contributed by atoms with Gasteiger partial charge in [0.05, 0.1) is 16.3 Å². The SMILES string of the molecule is Cc1nnc(SCc2nnc(-c3ccccc3Cl)o2)n1N. The molecule has 2 N–H and O–H groups in total. The minimum atomic E-state index is 0.390. The zero-order valence-corrected chi connectivity index (χ0v) is 12.6. The Morgan fingerprint density at radius 2 is 2.05 bits per heavy atom. The fourth-order valence-electron chi connectivity index (χ4n) is 1.63. The van der Waals surface area contributed by atoms with E-state index in [0.717, 1.165) is 0 Å². The smallest absolute Gasteiger partial charge is 0.249 e. The number of nitrogens with zero attached hydrogens (tertiary/aromatic N) is 5. The Bertz CT molecular complexity index is 771. The average molecular weight is 323 g/mol. The van der Waals surface area contributed by atoms with Gasteiger partial charge in [0.25, 0.3) is 0 Å². The summed E-state index contributed by atoms with van der Waals surface area (Å²) in [6, 6.07) is 7.30. The van der Waals surface area contributed by atoms with Crippen molar-refractivity contribution in [3.63, 3.8) is 0 Å². The van der Waals surface area contributed by atoms with Crippen LogP contribution in [-0.2, 0) is 5.75 Å². The van der Waals surface area contributed by atoms with Crippen LogP contribution in [-0.4, -0.2) is 25.1 Å². The second-order valence-corrected chi connectivity index (χ2v) is 5.52. The first-order chi connectivity index (χ1) is 10.1. The summed E-state index contributed by atoms with van der Waals surface area (Å²) in [5.74, 6) is 7.72. The van der Waals surface area contributed by atoms with E-state index in [1.54, 1.807) is 13.0 Å². The molecule has 0 aliphatic rings. The second kappa shape index (κ2) is 5.74. The minimum absolute atomic E-state index is 0.390. The first-order valence-corrected chi connectivity index (χ1v) is 7.38. The maximum absolute atomic E-state index is 6.09. The molecule has 1 aromatic carbocycles. The molecule has 0 aliphatic carbocycles. The van der Waals surface area contributed by atoms with Gasteiger partial charge in [0.15, 0.2) is 0 Å². The summed E-state index contributed by atoms with van der Waals surface area (Å²) in [5.41, 5.74) is 0.709. The molecule has 3 rings (SSSR count). The highest BCUT2D eigenvalue weighted by atomic mass is 35.5. The Morgan fingerprint density at radius 1 is 1.24 bits per heavy atom. The van der Waals surface area contributed by atoms with E-state index in [1.807, 2.05) is 18.2 Å². The van der Waals surface area contributed by atoms with Gasteiger partial charge in [-0.25, -0.2) is 4.68 Å². The van der Waals surface area contributed by atoms with Gasteiger partial charge in [-0.1, -0.05) is 35.5 Å². The molecule has 108 valence electrons. The number of benzene rings is 1. The van der Waals surface area contributed by atoms with Gasteiger partial charge < -0.3 is 10.3 Å². The van der Waals surface area contributed by atoms with Crippen molar-refractivity contribution in [1.82, 2.24) is 25.1 Å².